The maximum Gasteiger partial charge on any atom is 0.228 e. The van der Waals surface area contributed by atoms with E-state index in [2.05, 4.69) is 19.9 Å². The predicted octanol–water partition coefficient (Wildman–Crippen LogP) is 2.70. The third-order valence-electron chi connectivity index (χ3n) is 4.50. The highest BCUT2D eigenvalue weighted by atomic mass is 35.5. The molecule has 1 saturated carbocycles. The van der Waals surface area contributed by atoms with Gasteiger partial charge in [-0.3, -0.25) is 4.21 Å². The average molecular weight is 371 g/mol. The Morgan fingerprint density at radius 2 is 2.08 bits per heavy atom. The molecule has 24 heavy (non-hydrogen) atoms. The Balaban J connectivity index is 2.05. The van der Waals surface area contributed by atoms with Crippen molar-refractivity contribution in [2.45, 2.75) is 36.9 Å². The molecule has 2 aliphatic rings. The number of halogens is 2. The first-order valence-electron chi connectivity index (χ1n) is 7.86. The molecule has 4 rings (SSSR count). The van der Waals surface area contributed by atoms with Gasteiger partial charge in [0.15, 0.2) is 11.0 Å². The van der Waals surface area contributed by atoms with Crippen LogP contribution in [0.2, 0.25) is 5.15 Å². The molecule has 0 spiro atoms. The van der Waals surface area contributed by atoms with Crippen molar-refractivity contribution < 1.29 is 13.3 Å². The van der Waals surface area contributed by atoms with Crippen LogP contribution < -0.4 is 9.64 Å². The van der Waals surface area contributed by atoms with Crippen molar-refractivity contribution >= 4 is 39.1 Å². The standard InChI is InChI=1S/C15H16ClFN4O2S/c1-24(22)15-18-11-9-13(20-15)21(8-4-2-5-8)6-3-7-23-14(9)19-12(16)10(11)17/h8H,2-7H2,1H3. The second kappa shape index (κ2) is 6.07. The minimum Gasteiger partial charge on any atom is -0.477 e. The van der Waals surface area contributed by atoms with Crippen LogP contribution in [-0.4, -0.2) is 44.6 Å². The summed E-state index contributed by atoms with van der Waals surface area (Å²) >= 11 is 5.90. The van der Waals surface area contributed by atoms with Gasteiger partial charge in [0.05, 0.1) is 17.4 Å². The van der Waals surface area contributed by atoms with Crippen LogP contribution in [0, 0.1) is 5.82 Å². The molecule has 1 aliphatic carbocycles. The fourth-order valence-electron chi connectivity index (χ4n) is 3.08. The summed E-state index contributed by atoms with van der Waals surface area (Å²) in [4.78, 5) is 14.8. The van der Waals surface area contributed by atoms with Crippen molar-refractivity contribution in [1.29, 1.82) is 0 Å². The molecule has 6 nitrogen and oxygen atoms in total. The summed E-state index contributed by atoms with van der Waals surface area (Å²) in [5.74, 6) is 0.0556. The molecule has 9 heteroatoms. The predicted molar refractivity (Wildman–Crippen MR) is 89.7 cm³/mol. The Morgan fingerprint density at radius 1 is 1.29 bits per heavy atom. The molecule has 128 valence electrons. The Bertz CT molecular complexity index is 846. The highest BCUT2D eigenvalue weighted by molar-refractivity contribution is 7.84. The van der Waals surface area contributed by atoms with E-state index in [9.17, 15) is 8.60 Å². The first-order chi connectivity index (χ1) is 11.6. The number of rotatable bonds is 2. The van der Waals surface area contributed by atoms with Gasteiger partial charge in [0.2, 0.25) is 11.0 Å². The summed E-state index contributed by atoms with van der Waals surface area (Å²) in [5.41, 5.74) is 0.0198. The molecule has 0 bridgehead atoms. The van der Waals surface area contributed by atoms with E-state index in [1.807, 2.05) is 0 Å². The van der Waals surface area contributed by atoms with Crippen LogP contribution in [0.5, 0.6) is 5.88 Å². The minimum absolute atomic E-state index is 0.0198. The number of anilines is 1. The zero-order chi connectivity index (χ0) is 16.8. The van der Waals surface area contributed by atoms with Gasteiger partial charge < -0.3 is 9.64 Å². The summed E-state index contributed by atoms with van der Waals surface area (Å²) in [6.07, 6.45) is 5.56. The lowest BCUT2D eigenvalue weighted by Gasteiger charge is -2.39. The fourth-order valence-corrected chi connectivity index (χ4v) is 3.68. The van der Waals surface area contributed by atoms with Crippen molar-refractivity contribution in [3.63, 3.8) is 0 Å². The highest BCUT2D eigenvalue weighted by Gasteiger charge is 2.32. The quantitative estimate of drug-likeness (QED) is 0.598. The van der Waals surface area contributed by atoms with Crippen LogP contribution in [0.4, 0.5) is 10.2 Å². The molecule has 1 unspecified atom stereocenters. The van der Waals surface area contributed by atoms with Crippen LogP contribution in [0.3, 0.4) is 0 Å². The lowest BCUT2D eigenvalue weighted by atomic mass is 9.91. The van der Waals surface area contributed by atoms with Crippen molar-refractivity contribution in [1.82, 2.24) is 15.0 Å². The van der Waals surface area contributed by atoms with E-state index in [1.54, 1.807) is 0 Å². The van der Waals surface area contributed by atoms with Crippen LogP contribution in [0.1, 0.15) is 25.7 Å². The monoisotopic (exact) mass is 370 g/mol. The molecule has 0 N–H and O–H groups in total. The van der Waals surface area contributed by atoms with Gasteiger partial charge in [0.25, 0.3) is 0 Å². The Labute approximate surface area is 145 Å². The van der Waals surface area contributed by atoms with E-state index >= 15 is 0 Å². The smallest absolute Gasteiger partial charge is 0.228 e. The molecule has 1 fully saturated rings. The number of hydrogen-bond donors (Lipinski definition) is 0. The summed E-state index contributed by atoms with van der Waals surface area (Å²) < 4.78 is 32.2. The number of hydrogen-bond acceptors (Lipinski definition) is 6. The number of pyridine rings is 1. The Kier molecular flexibility index (Phi) is 4.04. The summed E-state index contributed by atoms with van der Waals surface area (Å²) in [6, 6.07) is 0.353. The van der Waals surface area contributed by atoms with Gasteiger partial charge in [-0.1, -0.05) is 11.6 Å². The van der Waals surface area contributed by atoms with E-state index in [4.69, 9.17) is 16.3 Å². The number of aromatic nitrogens is 3. The van der Waals surface area contributed by atoms with Crippen LogP contribution >= 0.6 is 11.6 Å². The highest BCUT2D eigenvalue weighted by Crippen LogP contribution is 2.39. The second-order valence-corrected chi connectivity index (χ2v) is 7.64. The molecule has 1 atom stereocenters. The van der Waals surface area contributed by atoms with Crippen LogP contribution in [-0.2, 0) is 10.8 Å². The third-order valence-corrected chi connectivity index (χ3v) is 5.45. The van der Waals surface area contributed by atoms with E-state index in [-0.39, 0.29) is 21.7 Å². The Hall–Kier alpha value is -1.54. The van der Waals surface area contributed by atoms with Crippen molar-refractivity contribution in [3.8, 4) is 5.88 Å². The van der Waals surface area contributed by atoms with E-state index < -0.39 is 16.6 Å². The second-order valence-electron chi connectivity index (χ2n) is 6.01. The minimum atomic E-state index is -1.44. The van der Waals surface area contributed by atoms with Crippen molar-refractivity contribution in [2.24, 2.45) is 0 Å². The number of nitrogens with zero attached hydrogens (tertiary/aromatic N) is 4. The topological polar surface area (TPSA) is 68.2 Å². The summed E-state index contributed by atoms with van der Waals surface area (Å²) in [6.45, 7) is 1.21. The normalized spacial score (nSPS) is 19.4. The van der Waals surface area contributed by atoms with Gasteiger partial charge in [0.1, 0.15) is 16.7 Å². The van der Waals surface area contributed by atoms with Gasteiger partial charge in [-0.05, 0) is 25.7 Å². The molecule has 1 aliphatic heterocycles. The first-order valence-corrected chi connectivity index (χ1v) is 9.79. The van der Waals surface area contributed by atoms with Gasteiger partial charge in [-0.15, -0.1) is 0 Å². The molecule has 0 aromatic carbocycles. The van der Waals surface area contributed by atoms with Crippen molar-refractivity contribution in [3.05, 3.63) is 11.0 Å². The SMILES string of the molecule is CS(=O)c1nc2c3c(nc(Cl)c(F)c3n1)OCCCN2C1CCC1. The maximum atomic E-state index is 14.6. The van der Waals surface area contributed by atoms with Crippen LogP contribution in [0.25, 0.3) is 10.9 Å². The lowest BCUT2D eigenvalue weighted by molar-refractivity contribution is 0.291. The first kappa shape index (κ1) is 16.0. The number of ether oxygens (including phenoxy) is 1. The molecule has 2 aromatic rings. The molecule has 0 amide bonds. The van der Waals surface area contributed by atoms with E-state index in [1.165, 1.54) is 12.7 Å². The van der Waals surface area contributed by atoms with Crippen molar-refractivity contribution in [2.75, 3.05) is 24.3 Å². The molecular weight excluding hydrogens is 355 g/mol. The fraction of sp³-hybridized carbons (Fsp3) is 0.533. The van der Waals surface area contributed by atoms with Crippen LogP contribution in [0.15, 0.2) is 5.16 Å². The maximum absolute atomic E-state index is 14.6. The molecule has 0 radical (unpaired) electrons. The third kappa shape index (κ3) is 2.52. The Morgan fingerprint density at radius 3 is 2.75 bits per heavy atom. The summed E-state index contributed by atoms with van der Waals surface area (Å²) in [5, 5.41) is 0.206. The molecular formula is C15H16ClFN4O2S. The molecule has 2 aromatic heterocycles. The summed E-state index contributed by atoms with van der Waals surface area (Å²) in [7, 11) is -1.44. The zero-order valence-electron chi connectivity index (χ0n) is 13.1. The average Bonchev–Trinajstić information content (AvgIpc) is 2.50. The van der Waals surface area contributed by atoms with Gasteiger partial charge >= 0.3 is 0 Å². The van der Waals surface area contributed by atoms with Gasteiger partial charge in [-0.25, -0.2) is 14.4 Å². The van der Waals surface area contributed by atoms with E-state index in [0.717, 1.165) is 25.8 Å². The zero-order valence-corrected chi connectivity index (χ0v) is 14.7. The molecule has 0 saturated heterocycles. The lowest BCUT2D eigenvalue weighted by Crippen LogP contribution is -2.42. The van der Waals surface area contributed by atoms with Gasteiger partial charge in [-0.2, -0.15) is 4.98 Å². The molecule has 3 heterocycles. The van der Waals surface area contributed by atoms with Gasteiger partial charge in [0, 0.05) is 18.8 Å². The van der Waals surface area contributed by atoms with E-state index in [0.29, 0.717) is 23.9 Å². The largest absolute Gasteiger partial charge is 0.477 e.